The molecule has 0 unspecified atom stereocenters. The zero-order valence-electron chi connectivity index (χ0n) is 10.8. The van der Waals surface area contributed by atoms with Crippen molar-refractivity contribution in [3.8, 4) is 0 Å². The molecule has 4 heteroatoms. The number of nitrogens with two attached hydrogens (primary N) is 1. The molecule has 4 nitrogen and oxygen atoms in total. The van der Waals surface area contributed by atoms with Gasteiger partial charge in [0.2, 0.25) is 0 Å². The molecule has 0 radical (unpaired) electrons. The van der Waals surface area contributed by atoms with E-state index in [1.807, 2.05) is 0 Å². The van der Waals surface area contributed by atoms with Crippen molar-refractivity contribution in [3.63, 3.8) is 0 Å². The Morgan fingerprint density at radius 2 is 1.81 bits per heavy atom. The molecule has 0 spiro atoms. The van der Waals surface area contributed by atoms with Gasteiger partial charge in [0.05, 0.1) is 6.54 Å². The summed E-state index contributed by atoms with van der Waals surface area (Å²) in [6, 6.07) is 0. The molecule has 1 saturated heterocycles. The van der Waals surface area contributed by atoms with E-state index in [1.54, 1.807) is 0 Å². The maximum absolute atomic E-state index is 5.91. The molecule has 1 aliphatic heterocycles. The number of nitrogens with zero attached hydrogens (tertiary/aromatic N) is 3. The van der Waals surface area contributed by atoms with Gasteiger partial charge in [-0.1, -0.05) is 6.42 Å². The first-order chi connectivity index (χ1) is 7.77. The Hall–Kier alpha value is -0.770. The average molecular weight is 226 g/mol. The van der Waals surface area contributed by atoms with Crippen LogP contribution in [0.5, 0.6) is 0 Å². The predicted octanol–water partition coefficient (Wildman–Crippen LogP) is 1.13. The van der Waals surface area contributed by atoms with Crippen LogP contribution in [0.1, 0.15) is 33.1 Å². The Morgan fingerprint density at radius 3 is 2.38 bits per heavy atom. The molecule has 16 heavy (non-hydrogen) atoms. The fourth-order valence-corrected chi connectivity index (χ4v) is 2.14. The summed E-state index contributed by atoms with van der Waals surface area (Å²) in [6.45, 7) is 10.5. The number of piperidine rings is 1. The van der Waals surface area contributed by atoms with Crippen LogP contribution in [0.15, 0.2) is 4.99 Å². The lowest BCUT2D eigenvalue weighted by Gasteiger charge is -2.26. The van der Waals surface area contributed by atoms with E-state index in [1.165, 1.54) is 32.4 Å². The van der Waals surface area contributed by atoms with Crippen LogP contribution < -0.4 is 5.73 Å². The maximum atomic E-state index is 5.91. The topological polar surface area (TPSA) is 44.9 Å². The van der Waals surface area contributed by atoms with Crippen LogP contribution in [0.3, 0.4) is 0 Å². The molecule has 1 aliphatic rings. The van der Waals surface area contributed by atoms with Crippen molar-refractivity contribution in [2.75, 3.05) is 39.3 Å². The van der Waals surface area contributed by atoms with Crippen molar-refractivity contribution in [2.24, 2.45) is 10.7 Å². The van der Waals surface area contributed by atoms with E-state index in [0.29, 0.717) is 5.96 Å². The van der Waals surface area contributed by atoms with E-state index in [0.717, 1.165) is 26.2 Å². The summed E-state index contributed by atoms with van der Waals surface area (Å²) < 4.78 is 0. The summed E-state index contributed by atoms with van der Waals surface area (Å²) in [4.78, 5) is 9.02. The van der Waals surface area contributed by atoms with E-state index in [2.05, 4.69) is 28.6 Å². The summed E-state index contributed by atoms with van der Waals surface area (Å²) in [5, 5.41) is 0. The maximum Gasteiger partial charge on any atom is 0.191 e. The molecule has 0 bridgehead atoms. The van der Waals surface area contributed by atoms with Crippen molar-refractivity contribution in [1.29, 1.82) is 0 Å². The summed E-state index contributed by atoms with van der Waals surface area (Å²) in [5.74, 6) is 0.696. The smallest absolute Gasteiger partial charge is 0.191 e. The number of hydrogen-bond donors (Lipinski definition) is 1. The van der Waals surface area contributed by atoms with E-state index >= 15 is 0 Å². The largest absolute Gasteiger partial charge is 0.370 e. The first-order valence-corrected chi connectivity index (χ1v) is 6.55. The third-order valence-corrected chi connectivity index (χ3v) is 3.23. The number of guanidine groups is 1. The highest BCUT2D eigenvalue weighted by Crippen LogP contribution is 2.07. The minimum absolute atomic E-state index is 0.696. The lowest BCUT2D eigenvalue weighted by atomic mass is 10.1. The zero-order chi connectivity index (χ0) is 11.8. The van der Waals surface area contributed by atoms with Crippen molar-refractivity contribution in [1.82, 2.24) is 9.80 Å². The standard InChI is InChI=1S/C12H26N4/c1-3-16(4-2)12(13)14-8-11-15-9-6-5-7-10-15/h3-11H2,1-2H3,(H2,13,14). The van der Waals surface area contributed by atoms with Gasteiger partial charge in [0, 0.05) is 19.6 Å². The Balaban J connectivity index is 2.23. The number of aliphatic imine (C=N–C) groups is 1. The Morgan fingerprint density at radius 1 is 1.19 bits per heavy atom. The highest BCUT2D eigenvalue weighted by molar-refractivity contribution is 5.77. The molecule has 0 aromatic rings. The lowest BCUT2D eigenvalue weighted by Crippen LogP contribution is -2.38. The molecular weight excluding hydrogens is 200 g/mol. The molecule has 0 atom stereocenters. The molecule has 94 valence electrons. The molecule has 2 N–H and O–H groups in total. The van der Waals surface area contributed by atoms with E-state index in [4.69, 9.17) is 5.73 Å². The Kier molecular flexibility index (Phi) is 6.23. The highest BCUT2D eigenvalue weighted by atomic mass is 15.2. The van der Waals surface area contributed by atoms with Crippen LogP contribution in [0, 0.1) is 0 Å². The van der Waals surface area contributed by atoms with Gasteiger partial charge < -0.3 is 15.5 Å². The zero-order valence-corrected chi connectivity index (χ0v) is 10.8. The molecule has 0 aromatic heterocycles. The van der Waals surface area contributed by atoms with E-state index < -0.39 is 0 Å². The van der Waals surface area contributed by atoms with Gasteiger partial charge in [-0.15, -0.1) is 0 Å². The van der Waals surface area contributed by atoms with E-state index in [-0.39, 0.29) is 0 Å². The van der Waals surface area contributed by atoms with Gasteiger partial charge >= 0.3 is 0 Å². The number of hydrogen-bond acceptors (Lipinski definition) is 2. The van der Waals surface area contributed by atoms with Crippen molar-refractivity contribution >= 4 is 5.96 Å². The quantitative estimate of drug-likeness (QED) is 0.564. The Labute approximate surface area is 99.5 Å². The van der Waals surface area contributed by atoms with Gasteiger partial charge in [0.25, 0.3) is 0 Å². The van der Waals surface area contributed by atoms with Crippen molar-refractivity contribution < 1.29 is 0 Å². The molecule has 1 heterocycles. The van der Waals surface area contributed by atoms with Gasteiger partial charge in [0.1, 0.15) is 0 Å². The molecule has 1 rings (SSSR count). The molecule has 0 saturated carbocycles. The molecule has 0 aliphatic carbocycles. The second-order valence-electron chi connectivity index (χ2n) is 4.31. The van der Waals surface area contributed by atoms with E-state index in [9.17, 15) is 0 Å². The fourth-order valence-electron chi connectivity index (χ4n) is 2.14. The lowest BCUT2D eigenvalue weighted by molar-refractivity contribution is 0.235. The monoisotopic (exact) mass is 226 g/mol. The van der Waals surface area contributed by atoms with Gasteiger partial charge in [-0.05, 0) is 39.8 Å². The third-order valence-electron chi connectivity index (χ3n) is 3.23. The van der Waals surface area contributed by atoms with Crippen LogP contribution >= 0.6 is 0 Å². The summed E-state index contributed by atoms with van der Waals surface area (Å²) in [5.41, 5.74) is 5.91. The molecular formula is C12H26N4. The van der Waals surface area contributed by atoms with Gasteiger partial charge in [-0.2, -0.15) is 0 Å². The van der Waals surface area contributed by atoms with Crippen LogP contribution in [0.4, 0.5) is 0 Å². The highest BCUT2D eigenvalue weighted by Gasteiger charge is 2.09. The Bertz CT molecular complexity index is 205. The number of rotatable bonds is 5. The molecule has 1 fully saturated rings. The SMILES string of the molecule is CCN(CC)C(N)=NCCN1CCCCC1. The van der Waals surface area contributed by atoms with Gasteiger partial charge in [0.15, 0.2) is 5.96 Å². The first kappa shape index (κ1) is 13.3. The first-order valence-electron chi connectivity index (χ1n) is 6.55. The summed E-state index contributed by atoms with van der Waals surface area (Å²) >= 11 is 0. The summed E-state index contributed by atoms with van der Waals surface area (Å²) in [6.07, 6.45) is 4.08. The fraction of sp³-hybridized carbons (Fsp3) is 0.917. The second-order valence-corrected chi connectivity index (χ2v) is 4.31. The predicted molar refractivity (Wildman–Crippen MR) is 69.7 cm³/mol. The third kappa shape index (κ3) is 4.39. The normalized spacial score (nSPS) is 18.8. The van der Waals surface area contributed by atoms with Crippen molar-refractivity contribution in [2.45, 2.75) is 33.1 Å². The molecule has 0 amide bonds. The van der Waals surface area contributed by atoms with Gasteiger partial charge in [-0.3, -0.25) is 4.99 Å². The van der Waals surface area contributed by atoms with Crippen LogP contribution in [0.2, 0.25) is 0 Å². The average Bonchev–Trinajstić information content (AvgIpc) is 2.32. The summed E-state index contributed by atoms with van der Waals surface area (Å²) in [7, 11) is 0. The number of likely N-dealkylation sites (tertiary alicyclic amines) is 1. The second kappa shape index (κ2) is 7.49. The minimum Gasteiger partial charge on any atom is -0.370 e. The molecule has 0 aromatic carbocycles. The van der Waals surface area contributed by atoms with Crippen molar-refractivity contribution in [3.05, 3.63) is 0 Å². The van der Waals surface area contributed by atoms with Crippen LogP contribution in [-0.4, -0.2) is 55.0 Å². The van der Waals surface area contributed by atoms with Gasteiger partial charge in [-0.25, -0.2) is 0 Å². The minimum atomic E-state index is 0.696. The van der Waals surface area contributed by atoms with Crippen LogP contribution in [-0.2, 0) is 0 Å². The van der Waals surface area contributed by atoms with Crippen LogP contribution in [0.25, 0.3) is 0 Å².